The van der Waals surface area contributed by atoms with Crippen LogP contribution < -0.4 is 9.62 Å². The van der Waals surface area contributed by atoms with E-state index in [-0.39, 0.29) is 22.3 Å². The first-order valence-electron chi connectivity index (χ1n) is 12.9. The van der Waals surface area contributed by atoms with Crippen molar-refractivity contribution in [2.24, 2.45) is 0 Å². The number of halogens is 3. The molecule has 2 aromatic rings. The van der Waals surface area contributed by atoms with Crippen molar-refractivity contribution in [2.45, 2.75) is 56.3 Å². The second-order valence-corrected chi connectivity index (χ2v) is 11.4. The molecule has 0 aromatic heterocycles. The number of carbonyl (C=O) groups is 2. The van der Waals surface area contributed by atoms with E-state index in [0.717, 1.165) is 45.5 Å². The van der Waals surface area contributed by atoms with Crippen LogP contribution in [0.3, 0.4) is 0 Å². The van der Waals surface area contributed by atoms with Crippen LogP contribution in [0, 0.1) is 0 Å². The Morgan fingerprint density at radius 2 is 1.68 bits per heavy atom. The van der Waals surface area contributed by atoms with E-state index >= 15 is 0 Å². The van der Waals surface area contributed by atoms with Gasteiger partial charge in [0.15, 0.2) is 0 Å². The van der Waals surface area contributed by atoms with E-state index in [1.807, 2.05) is 13.8 Å². The Balaban J connectivity index is 0.000000745. The number of sulfonamides is 1. The minimum atomic E-state index is -5.08. The summed E-state index contributed by atoms with van der Waals surface area (Å²) >= 11 is 0. The summed E-state index contributed by atoms with van der Waals surface area (Å²) in [7, 11) is -1.71. The highest BCUT2D eigenvalue weighted by Gasteiger charge is 2.38. The number of hydrogen-bond acceptors (Lipinski definition) is 7. The molecule has 0 radical (unpaired) electrons. The average Bonchev–Trinajstić information content (AvgIpc) is 2.91. The molecular formula is C27H36F3N3O7S. The molecule has 0 unspecified atom stereocenters. The van der Waals surface area contributed by atoms with E-state index in [0.29, 0.717) is 11.7 Å². The number of benzene rings is 2. The number of rotatable bonds is 11. The van der Waals surface area contributed by atoms with Crippen LogP contribution in [-0.2, 0) is 19.6 Å². The number of aromatic carboxylic acids is 1. The molecule has 0 spiro atoms. The molecule has 0 saturated carbocycles. The van der Waals surface area contributed by atoms with Gasteiger partial charge in [-0.3, -0.25) is 4.72 Å². The third-order valence-electron chi connectivity index (χ3n) is 6.32. The van der Waals surface area contributed by atoms with E-state index in [1.54, 1.807) is 24.3 Å². The molecule has 0 atom stereocenters. The summed E-state index contributed by atoms with van der Waals surface area (Å²) in [5, 5.41) is 16.6. The third-order valence-corrected chi connectivity index (χ3v) is 7.70. The lowest BCUT2D eigenvalue weighted by Gasteiger charge is -2.38. The molecule has 1 aliphatic heterocycles. The van der Waals surface area contributed by atoms with E-state index in [9.17, 15) is 31.5 Å². The maximum atomic E-state index is 12.9. The predicted octanol–water partition coefficient (Wildman–Crippen LogP) is 4.53. The number of carboxylic acids is 2. The maximum Gasteiger partial charge on any atom is 0.490 e. The van der Waals surface area contributed by atoms with Gasteiger partial charge in [0.05, 0.1) is 27.9 Å². The number of piperidine rings is 1. The molecule has 41 heavy (non-hydrogen) atoms. The summed E-state index contributed by atoms with van der Waals surface area (Å²) in [4.78, 5) is 25.1. The van der Waals surface area contributed by atoms with E-state index in [4.69, 9.17) is 14.6 Å². The van der Waals surface area contributed by atoms with Gasteiger partial charge in [-0.1, -0.05) is 18.2 Å². The number of alkyl halides is 3. The van der Waals surface area contributed by atoms with Crippen LogP contribution in [0.15, 0.2) is 53.4 Å². The third kappa shape index (κ3) is 10.9. The fourth-order valence-electron chi connectivity index (χ4n) is 4.19. The van der Waals surface area contributed by atoms with Gasteiger partial charge in [0, 0.05) is 32.3 Å². The number of carboxylic acid groups (broad SMARTS) is 2. The van der Waals surface area contributed by atoms with Gasteiger partial charge in [-0.2, -0.15) is 13.2 Å². The highest BCUT2D eigenvalue weighted by atomic mass is 32.2. The summed E-state index contributed by atoms with van der Waals surface area (Å²) in [6.07, 6.45) is -1.98. The average molecular weight is 604 g/mol. The molecule has 1 saturated heterocycles. The number of anilines is 2. The first-order valence-corrected chi connectivity index (χ1v) is 14.4. The SMILES string of the molecule is CC(C)OCCCN(C)C1CCN(c2ccc(C(=O)O)cc2NS(=O)(=O)c2ccccc2)CC1.O=C(O)C(F)(F)F. The summed E-state index contributed by atoms with van der Waals surface area (Å²) in [5.74, 6) is -3.86. The van der Waals surface area contributed by atoms with Crippen LogP contribution in [0.1, 0.15) is 43.5 Å². The zero-order valence-electron chi connectivity index (χ0n) is 23.1. The molecule has 3 N–H and O–H groups in total. The highest BCUT2D eigenvalue weighted by molar-refractivity contribution is 7.92. The smallest absolute Gasteiger partial charge is 0.478 e. The Labute approximate surface area is 237 Å². The van der Waals surface area contributed by atoms with Gasteiger partial charge in [0.25, 0.3) is 10.0 Å². The quantitative estimate of drug-likeness (QED) is 0.316. The summed E-state index contributed by atoms with van der Waals surface area (Å²) < 4.78 is 65.8. The van der Waals surface area contributed by atoms with Crippen molar-refractivity contribution in [2.75, 3.05) is 42.9 Å². The number of aliphatic carboxylic acids is 1. The van der Waals surface area contributed by atoms with Crippen LogP contribution >= 0.6 is 0 Å². The lowest BCUT2D eigenvalue weighted by Crippen LogP contribution is -2.44. The Kier molecular flexibility index (Phi) is 12.4. The maximum absolute atomic E-state index is 12.9. The Hall–Kier alpha value is -3.36. The molecule has 14 heteroatoms. The zero-order chi connectivity index (χ0) is 30.8. The van der Waals surface area contributed by atoms with Crippen LogP contribution in [0.25, 0.3) is 0 Å². The lowest BCUT2D eigenvalue weighted by molar-refractivity contribution is -0.192. The monoisotopic (exact) mass is 603 g/mol. The van der Waals surface area contributed by atoms with E-state index in [1.165, 1.54) is 24.3 Å². The number of ether oxygens (including phenoxy) is 1. The molecule has 10 nitrogen and oxygen atoms in total. The van der Waals surface area contributed by atoms with Gasteiger partial charge < -0.3 is 24.7 Å². The van der Waals surface area contributed by atoms with Gasteiger partial charge in [0.2, 0.25) is 0 Å². The Morgan fingerprint density at radius 3 is 2.20 bits per heavy atom. The molecule has 1 aliphatic rings. The van der Waals surface area contributed by atoms with Gasteiger partial charge in [-0.25, -0.2) is 18.0 Å². The highest BCUT2D eigenvalue weighted by Crippen LogP contribution is 2.32. The van der Waals surface area contributed by atoms with Crippen molar-refractivity contribution in [1.29, 1.82) is 0 Å². The first kappa shape index (κ1) is 33.8. The van der Waals surface area contributed by atoms with Crippen LogP contribution in [-0.4, -0.2) is 87.1 Å². The molecule has 1 fully saturated rings. The van der Waals surface area contributed by atoms with Crippen molar-refractivity contribution >= 4 is 33.3 Å². The molecule has 228 valence electrons. The Morgan fingerprint density at radius 1 is 1.10 bits per heavy atom. The summed E-state index contributed by atoms with van der Waals surface area (Å²) in [5.41, 5.74) is 1.00. The standard InChI is InChI=1S/C25H35N3O5S.C2HF3O2/c1-19(2)33-17-7-14-27(3)21-12-15-28(16-13-21)24-11-10-20(25(29)30)18-23(24)26-34(31,32)22-8-5-4-6-9-22;3-2(4,5)1(6)7/h4-6,8-11,18-19,21,26H,7,12-17H2,1-3H3,(H,29,30);(H,6,7). The van der Waals surface area contributed by atoms with Crippen LogP contribution in [0.4, 0.5) is 24.5 Å². The minimum Gasteiger partial charge on any atom is -0.478 e. The molecule has 1 heterocycles. The zero-order valence-corrected chi connectivity index (χ0v) is 23.9. The molecule has 0 amide bonds. The number of nitrogens with zero attached hydrogens (tertiary/aromatic N) is 2. The molecule has 0 bridgehead atoms. The van der Waals surface area contributed by atoms with Crippen molar-refractivity contribution in [1.82, 2.24) is 4.90 Å². The van der Waals surface area contributed by atoms with Crippen molar-refractivity contribution in [3.05, 3.63) is 54.1 Å². The fraction of sp³-hybridized carbons (Fsp3) is 0.481. The van der Waals surface area contributed by atoms with Gasteiger partial charge in [-0.15, -0.1) is 0 Å². The Bertz CT molecular complexity index is 1250. The minimum absolute atomic E-state index is 0.0350. The largest absolute Gasteiger partial charge is 0.490 e. The normalized spacial score (nSPS) is 14.5. The van der Waals surface area contributed by atoms with E-state index in [2.05, 4.69) is 21.6 Å². The van der Waals surface area contributed by atoms with Crippen molar-refractivity contribution in [3.8, 4) is 0 Å². The molecule has 0 aliphatic carbocycles. The van der Waals surface area contributed by atoms with Crippen LogP contribution in [0.2, 0.25) is 0 Å². The topological polar surface area (TPSA) is 136 Å². The summed E-state index contributed by atoms with van der Waals surface area (Å²) in [6.45, 7) is 7.30. The first-order chi connectivity index (χ1) is 19.1. The lowest BCUT2D eigenvalue weighted by atomic mass is 10.0. The molecular weight excluding hydrogens is 567 g/mol. The molecule has 3 rings (SSSR count). The fourth-order valence-corrected chi connectivity index (χ4v) is 5.28. The van der Waals surface area contributed by atoms with Gasteiger partial charge >= 0.3 is 18.1 Å². The van der Waals surface area contributed by atoms with Crippen molar-refractivity contribution in [3.63, 3.8) is 0 Å². The van der Waals surface area contributed by atoms with E-state index < -0.39 is 28.1 Å². The number of nitrogens with one attached hydrogen (secondary N) is 1. The van der Waals surface area contributed by atoms with Crippen LogP contribution in [0.5, 0.6) is 0 Å². The predicted molar refractivity (Wildman–Crippen MR) is 148 cm³/mol. The van der Waals surface area contributed by atoms with Gasteiger partial charge in [-0.05, 0) is 70.5 Å². The second-order valence-electron chi connectivity index (χ2n) is 9.73. The summed E-state index contributed by atoms with van der Waals surface area (Å²) in [6, 6.07) is 13.1. The molecule has 2 aromatic carbocycles. The van der Waals surface area contributed by atoms with Gasteiger partial charge in [0.1, 0.15) is 0 Å². The number of hydrogen-bond donors (Lipinski definition) is 3. The second kappa shape index (κ2) is 15.0. The van der Waals surface area contributed by atoms with Crippen molar-refractivity contribution < 1.29 is 46.1 Å².